The molecular formula is C19H29N3O3. The highest BCUT2D eigenvalue weighted by Gasteiger charge is 2.31. The maximum atomic E-state index is 12.6. The smallest absolute Gasteiger partial charge is 0.252 e. The summed E-state index contributed by atoms with van der Waals surface area (Å²) >= 11 is 0. The molecule has 0 spiro atoms. The fourth-order valence-electron chi connectivity index (χ4n) is 4.06. The van der Waals surface area contributed by atoms with E-state index < -0.39 is 0 Å². The van der Waals surface area contributed by atoms with Crippen molar-refractivity contribution in [3.63, 3.8) is 0 Å². The Morgan fingerprint density at radius 3 is 2.56 bits per heavy atom. The molecule has 1 saturated heterocycles. The van der Waals surface area contributed by atoms with E-state index in [1.165, 1.54) is 32.1 Å². The van der Waals surface area contributed by atoms with Crippen LogP contribution in [-0.4, -0.2) is 40.6 Å². The number of rotatable bonds is 6. The molecule has 0 radical (unpaired) electrons. The van der Waals surface area contributed by atoms with Crippen LogP contribution in [0.3, 0.4) is 0 Å². The Bertz CT molecular complexity index is 570. The second-order valence-corrected chi connectivity index (χ2v) is 7.94. The highest BCUT2D eigenvalue weighted by Crippen LogP contribution is 2.31. The third-order valence-corrected chi connectivity index (χ3v) is 5.89. The van der Waals surface area contributed by atoms with Crippen molar-refractivity contribution in [2.75, 3.05) is 19.7 Å². The largest absolute Gasteiger partial charge is 0.371 e. The third-order valence-electron chi connectivity index (χ3n) is 5.89. The van der Waals surface area contributed by atoms with Crippen molar-refractivity contribution in [3.05, 3.63) is 11.7 Å². The molecule has 2 heterocycles. The molecule has 138 valence electrons. The van der Waals surface area contributed by atoms with Crippen molar-refractivity contribution >= 4 is 5.91 Å². The van der Waals surface area contributed by atoms with Gasteiger partial charge in [-0.3, -0.25) is 4.79 Å². The molecule has 1 aromatic rings. The lowest BCUT2D eigenvalue weighted by atomic mass is 9.87. The van der Waals surface area contributed by atoms with Gasteiger partial charge in [0.1, 0.15) is 6.61 Å². The Kier molecular flexibility index (Phi) is 5.34. The predicted molar refractivity (Wildman–Crippen MR) is 91.8 cm³/mol. The van der Waals surface area contributed by atoms with Gasteiger partial charge in [-0.1, -0.05) is 24.4 Å². The summed E-state index contributed by atoms with van der Waals surface area (Å²) in [5.74, 6) is 3.06. The van der Waals surface area contributed by atoms with E-state index in [0.29, 0.717) is 24.3 Å². The minimum absolute atomic E-state index is 0.269. The Morgan fingerprint density at radius 2 is 1.84 bits per heavy atom. The first-order chi connectivity index (χ1) is 12.3. The molecule has 1 amide bonds. The van der Waals surface area contributed by atoms with Gasteiger partial charge < -0.3 is 14.2 Å². The summed E-state index contributed by atoms with van der Waals surface area (Å²) in [5, 5.41) is 4.14. The molecule has 1 aromatic heterocycles. The number of carbonyl (C=O) groups is 1. The predicted octanol–water partition coefficient (Wildman–Crippen LogP) is 3.28. The van der Waals surface area contributed by atoms with Crippen LogP contribution in [0, 0.1) is 11.8 Å². The van der Waals surface area contributed by atoms with Crippen LogP contribution in [0.25, 0.3) is 0 Å². The van der Waals surface area contributed by atoms with Crippen LogP contribution < -0.4 is 0 Å². The van der Waals surface area contributed by atoms with Gasteiger partial charge in [0.2, 0.25) is 5.91 Å². The van der Waals surface area contributed by atoms with Gasteiger partial charge in [0.25, 0.3) is 5.89 Å². The van der Waals surface area contributed by atoms with Crippen LogP contribution in [0.2, 0.25) is 0 Å². The van der Waals surface area contributed by atoms with E-state index in [9.17, 15) is 4.79 Å². The molecule has 2 aliphatic carbocycles. The summed E-state index contributed by atoms with van der Waals surface area (Å²) < 4.78 is 10.9. The fraction of sp³-hybridized carbons (Fsp3) is 0.842. The first-order valence-corrected chi connectivity index (χ1v) is 9.98. The molecule has 25 heavy (non-hydrogen) atoms. The summed E-state index contributed by atoms with van der Waals surface area (Å²) in [7, 11) is 0. The van der Waals surface area contributed by atoms with Crippen molar-refractivity contribution in [2.24, 2.45) is 11.8 Å². The maximum absolute atomic E-state index is 12.6. The summed E-state index contributed by atoms with van der Waals surface area (Å²) in [5.41, 5.74) is 0. The molecule has 2 saturated carbocycles. The molecule has 6 heteroatoms. The molecule has 0 N–H and O–H groups in total. The van der Waals surface area contributed by atoms with Gasteiger partial charge in [-0.15, -0.1) is 0 Å². The van der Waals surface area contributed by atoms with Crippen molar-refractivity contribution < 1.29 is 14.1 Å². The summed E-state index contributed by atoms with van der Waals surface area (Å²) in [6.07, 6.45) is 10.3. The van der Waals surface area contributed by atoms with Crippen molar-refractivity contribution in [1.82, 2.24) is 15.0 Å². The number of piperidine rings is 1. The number of likely N-dealkylation sites (tertiary alicyclic amines) is 1. The van der Waals surface area contributed by atoms with Crippen LogP contribution in [0.15, 0.2) is 4.52 Å². The van der Waals surface area contributed by atoms with E-state index in [4.69, 9.17) is 9.26 Å². The SMILES string of the molecule is O=C(C1CCCCC1)N1CCC(c2noc(COCC3CC3)n2)CC1. The fourth-order valence-corrected chi connectivity index (χ4v) is 4.06. The number of hydrogen-bond donors (Lipinski definition) is 0. The van der Waals surface area contributed by atoms with Gasteiger partial charge in [-0.25, -0.2) is 0 Å². The molecule has 4 rings (SSSR count). The maximum Gasteiger partial charge on any atom is 0.252 e. The van der Waals surface area contributed by atoms with Crippen LogP contribution >= 0.6 is 0 Å². The van der Waals surface area contributed by atoms with E-state index in [-0.39, 0.29) is 5.92 Å². The topological polar surface area (TPSA) is 68.5 Å². The second kappa shape index (κ2) is 7.85. The number of hydrogen-bond acceptors (Lipinski definition) is 5. The number of aromatic nitrogens is 2. The van der Waals surface area contributed by atoms with E-state index in [1.54, 1.807) is 0 Å². The number of ether oxygens (including phenoxy) is 1. The van der Waals surface area contributed by atoms with E-state index >= 15 is 0 Å². The molecule has 0 aromatic carbocycles. The van der Waals surface area contributed by atoms with Crippen LogP contribution in [0.4, 0.5) is 0 Å². The Labute approximate surface area is 149 Å². The monoisotopic (exact) mass is 347 g/mol. The zero-order chi connectivity index (χ0) is 17.1. The van der Waals surface area contributed by atoms with Crippen molar-refractivity contribution in [1.29, 1.82) is 0 Å². The molecule has 3 aliphatic rings. The van der Waals surface area contributed by atoms with Gasteiger partial charge >= 0.3 is 0 Å². The summed E-state index contributed by atoms with van der Waals surface area (Å²) in [6, 6.07) is 0. The average molecular weight is 347 g/mol. The molecule has 0 atom stereocenters. The first kappa shape index (κ1) is 17.0. The highest BCUT2D eigenvalue weighted by atomic mass is 16.5. The molecular weight excluding hydrogens is 318 g/mol. The molecule has 0 unspecified atom stereocenters. The number of carbonyl (C=O) groups excluding carboxylic acids is 1. The molecule has 1 aliphatic heterocycles. The van der Waals surface area contributed by atoms with E-state index in [1.807, 2.05) is 0 Å². The number of amides is 1. The Hall–Kier alpha value is -1.43. The van der Waals surface area contributed by atoms with Crippen LogP contribution in [0.5, 0.6) is 0 Å². The minimum atomic E-state index is 0.269. The standard InChI is InChI=1S/C19H29N3O3/c23-19(16-4-2-1-3-5-16)22-10-8-15(9-11-22)18-20-17(25-21-18)13-24-12-14-6-7-14/h14-16H,1-13H2. The molecule has 6 nitrogen and oxygen atoms in total. The second-order valence-electron chi connectivity index (χ2n) is 7.94. The summed E-state index contributed by atoms with van der Waals surface area (Å²) in [6.45, 7) is 2.87. The lowest BCUT2D eigenvalue weighted by Crippen LogP contribution is -2.42. The molecule has 0 bridgehead atoms. The van der Waals surface area contributed by atoms with Gasteiger partial charge in [0.05, 0.1) is 6.61 Å². The lowest BCUT2D eigenvalue weighted by molar-refractivity contribution is -0.137. The summed E-state index contributed by atoms with van der Waals surface area (Å²) in [4.78, 5) is 19.2. The van der Waals surface area contributed by atoms with Crippen molar-refractivity contribution in [2.45, 2.75) is 70.3 Å². The quantitative estimate of drug-likeness (QED) is 0.790. The van der Waals surface area contributed by atoms with Gasteiger partial charge in [-0.05, 0) is 44.4 Å². The van der Waals surface area contributed by atoms with E-state index in [0.717, 1.165) is 57.1 Å². The first-order valence-electron chi connectivity index (χ1n) is 9.98. The Morgan fingerprint density at radius 1 is 1.08 bits per heavy atom. The van der Waals surface area contributed by atoms with Crippen LogP contribution in [-0.2, 0) is 16.1 Å². The van der Waals surface area contributed by atoms with Gasteiger partial charge in [0.15, 0.2) is 5.82 Å². The third kappa shape index (κ3) is 4.40. The van der Waals surface area contributed by atoms with Crippen molar-refractivity contribution in [3.8, 4) is 0 Å². The minimum Gasteiger partial charge on any atom is -0.371 e. The number of nitrogens with zero attached hydrogens (tertiary/aromatic N) is 3. The Balaban J connectivity index is 1.23. The van der Waals surface area contributed by atoms with Gasteiger partial charge in [-0.2, -0.15) is 4.98 Å². The highest BCUT2D eigenvalue weighted by molar-refractivity contribution is 5.79. The molecule has 3 fully saturated rings. The normalized spacial score (nSPS) is 23.1. The van der Waals surface area contributed by atoms with Crippen LogP contribution in [0.1, 0.15) is 75.4 Å². The van der Waals surface area contributed by atoms with Gasteiger partial charge in [0, 0.05) is 24.9 Å². The zero-order valence-corrected chi connectivity index (χ0v) is 15.0. The van der Waals surface area contributed by atoms with E-state index in [2.05, 4.69) is 15.0 Å². The lowest BCUT2D eigenvalue weighted by Gasteiger charge is -2.34. The zero-order valence-electron chi connectivity index (χ0n) is 15.0. The average Bonchev–Trinajstić information content (AvgIpc) is 3.37.